The number of aromatic nitrogens is 1. The molecule has 2 aliphatic heterocycles. The van der Waals surface area contributed by atoms with Gasteiger partial charge in [-0.15, -0.1) is 0 Å². The van der Waals surface area contributed by atoms with E-state index in [4.69, 9.17) is 9.47 Å². The van der Waals surface area contributed by atoms with Gasteiger partial charge < -0.3 is 14.4 Å². The highest BCUT2D eigenvalue weighted by Crippen LogP contribution is 2.42. The Morgan fingerprint density at radius 2 is 1.92 bits per heavy atom. The van der Waals surface area contributed by atoms with Gasteiger partial charge in [-0.3, -0.25) is 9.78 Å². The topological polar surface area (TPSA) is 51.7 Å². The second-order valence-corrected chi connectivity index (χ2v) is 8.35. The number of likely N-dealkylation sites (tertiary alicyclic amines) is 1. The van der Waals surface area contributed by atoms with Crippen LogP contribution < -0.4 is 0 Å². The first-order valence-corrected chi connectivity index (χ1v) is 10.1. The number of ether oxygens (including phenoxy) is 2. The molecule has 1 aromatic rings. The average Bonchev–Trinajstić information content (AvgIpc) is 3.33. The van der Waals surface area contributed by atoms with Crippen molar-refractivity contribution in [1.82, 2.24) is 9.88 Å². The molecule has 1 atom stereocenters. The predicted molar refractivity (Wildman–Crippen MR) is 98.9 cm³/mol. The molecule has 3 heterocycles. The van der Waals surface area contributed by atoms with E-state index < -0.39 is 0 Å². The largest absolute Gasteiger partial charge is 0.378 e. The maximum Gasteiger partial charge on any atom is 0.253 e. The summed E-state index contributed by atoms with van der Waals surface area (Å²) in [5.74, 6) is 0.894. The summed E-state index contributed by atoms with van der Waals surface area (Å²) in [4.78, 5) is 18.5. The Bertz CT molecular complexity index is 593. The minimum Gasteiger partial charge on any atom is -0.378 e. The second kappa shape index (κ2) is 8.05. The third-order valence-corrected chi connectivity index (χ3v) is 6.46. The van der Waals surface area contributed by atoms with Crippen molar-refractivity contribution in [2.75, 3.05) is 32.9 Å². The number of hydrogen-bond acceptors (Lipinski definition) is 4. The fourth-order valence-corrected chi connectivity index (χ4v) is 4.76. The predicted octanol–water partition coefficient (Wildman–Crippen LogP) is 3.30. The molecular formula is C21H30N2O3. The Labute approximate surface area is 156 Å². The average molecular weight is 358 g/mol. The maximum atomic E-state index is 12.6. The first-order chi connectivity index (χ1) is 12.7. The van der Waals surface area contributed by atoms with Gasteiger partial charge in [-0.2, -0.15) is 0 Å². The van der Waals surface area contributed by atoms with Crippen LogP contribution in [0.1, 0.15) is 55.3 Å². The van der Waals surface area contributed by atoms with Gasteiger partial charge >= 0.3 is 0 Å². The summed E-state index contributed by atoms with van der Waals surface area (Å²) in [5.41, 5.74) is 0.980. The molecule has 26 heavy (non-hydrogen) atoms. The first kappa shape index (κ1) is 17.9. The summed E-state index contributed by atoms with van der Waals surface area (Å²) in [5, 5.41) is 0. The number of amides is 1. The van der Waals surface area contributed by atoms with Gasteiger partial charge in [-0.25, -0.2) is 0 Å². The number of pyridine rings is 1. The summed E-state index contributed by atoms with van der Waals surface area (Å²) in [6, 6.07) is 3.59. The van der Waals surface area contributed by atoms with Crippen LogP contribution in [-0.2, 0) is 9.47 Å². The van der Waals surface area contributed by atoms with Crippen molar-refractivity contribution >= 4 is 5.91 Å². The van der Waals surface area contributed by atoms with Crippen molar-refractivity contribution in [2.24, 2.45) is 11.3 Å². The molecule has 4 rings (SSSR count). The first-order valence-electron chi connectivity index (χ1n) is 10.1. The minimum atomic E-state index is 0.123. The van der Waals surface area contributed by atoms with Gasteiger partial charge in [-0.1, -0.05) is 12.8 Å². The quantitative estimate of drug-likeness (QED) is 0.810. The van der Waals surface area contributed by atoms with Gasteiger partial charge in [0.05, 0.1) is 19.3 Å². The standard InChI is InChI=1S/C21H30N2O3/c24-20(18-5-9-22-10-6-18)23-11-7-21(8-12-23)13-19(26-16-21)15-25-14-17-3-1-2-4-17/h5-6,9-10,17,19H,1-4,7-8,11-16H2. The van der Waals surface area contributed by atoms with E-state index in [1.807, 2.05) is 4.90 Å². The zero-order valence-electron chi connectivity index (χ0n) is 15.6. The van der Waals surface area contributed by atoms with Crippen molar-refractivity contribution in [3.05, 3.63) is 30.1 Å². The van der Waals surface area contributed by atoms with Gasteiger partial charge in [0.1, 0.15) is 0 Å². The highest BCUT2D eigenvalue weighted by molar-refractivity contribution is 5.94. The molecular weight excluding hydrogens is 328 g/mol. The monoisotopic (exact) mass is 358 g/mol. The van der Waals surface area contributed by atoms with Crippen LogP contribution in [0.15, 0.2) is 24.5 Å². The highest BCUT2D eigenvalue weighted by atomic mass is 16.5. The zero-order chi connectivity index (χ0) is 17.8. The molecule has 3 fully saturated rings. The number of rotatable bonds is 5. The number of hydrogen-bond donors (Lipinski definition) is 0. The summed E-state index contributed by atoms with van der Waals surface area (Å²) in [6.45, 7) is 4.10. The Kier molecular flexibility index (Phi) is 5.55. The Morgan fingerprint density at radius 3 is 2.65 bits per heavy atom. The zero-order valence-corrected chi connectivity index (χ0v) is 15.6. The lowest BCUT2D eigenvalue weighted by Crippen LogP contribution is -2.43. The van der Waals surface area contributed by atoms with E-state index in [1.54, 1.807) is 24.5 Å². The molecule has 1 saturated carbocycles. The lowest BCUT2D eigenvalue weighted by molar-refractivity contribution is 0.00261. The molecule has 5 heteroatoms. The van der Waals surface area contributed by atoms with Crippen molar-refractivity contribution in [3.8, 4) is 0 Å². The van der Waals surface area contributed by atoms with Crippen LogP contribution in [0.5, 0.6) is 0 Å². The highest BCUT2D eigenvalue weighted by Gasteiger charge is 2.43. The lowest BCUT2D eigenvalue weighted by atomic mass is 9.76. The molecule has 0 bridgehead atoms. The molecule has 0 radical (unpaired) electrons. The Hall–Kier alpha value is -1.46. The summed E-state index contributed by atoms with van der Waals surface area (Å²) in [7, 11) is 0. The van der Waals surface area contributed by atoms with E-state index in [2.05, 4.69) is 4.98 Å². The lowest BCUT2D eigenvalue weighted by Gasteiger charge is -2.38. The normalized spacial score (nSPS) is 25.8. The van der Waals surface area contributed by atoms with Gasteiger partial charge in [0.2, 0.25) is 0 Å². The summed E-state index contributed by atoms with van der Waals surface area (Å²) in [6.07, 6.45) is 12.1. The van der Waals surface area contributed by atoms with E-state index in [0.717, 1.165) is 63.7 Å². The van der Waals surface area contributed by atoms with Gasteiger partial charge in [0.15, 0.2) is 0 Å². The smallest absolute Gasteiger partial charge is 0.253 e. The maximum absolute atomic E-state index is 12.6. The third-order valence-electron chi connectivity index (χ3n) is 6.46. The van der Waals surface area contributed by atoms with Crippen molar-refractivity contribution in [2.45, 2.75) is 51.0 Å². The number of nitrogens with zero attached hydrogens (tertiary/aromatic N) is 2. The Balaban J connectivity index is 1.22. The van der Waals surface area contributed by atoms with Crippen LogP contribution in [0.4, 0.5) is 0 Å². The van der Waals surface area contributed by atoms with Gasteiger partial charge in [-0.05, 0) is 55.6 Å². The molecule has 2 saturated heterocycles. The number of piperidine rings is 1. The van der Waals surface area contributed by atoms with Gasteiger partial charge in [0.25, 0.3) is 5.91 Å². The molecule has 142 valence electrons. The van der Waals surface area contributed by atoms with E-state index in [-0.39, 0.29) is 17.4 Å². The van der Waals surface area contributed by atoms with E-state index in [1.165, 1.54) is 25.7 Å². The Morgan fingerprint density at radius 1 is 1.19 bits per heavy atom. The van der Waals surface area contributed by atoms with Crippen LogP contribution in [0.25, 0.3) is 0 Å². The number of carbonyl (C=O) groups is 1. The fraction of sp³-hybridized carbons (Fsp3) is 0.714. The van der Waals surface area contributed by atoms with E-state index in [9.17, 15) is 4.79 Å². The summed E-state index contributed by atoms with van der Waals surface area (Å²) >= 11 is 0. The van der Waals surface area contributed by atoms with Crippen LogP contribution in [0, 0.1) is 11.3 Å². The molecule has 0 aromatic carbocycles. The van der Waals surface area contributed by atoms with Crippen LogP contribution in [0.3, 0.4) is 0 Å². The summed E-state index contributed by atoms with van der Waals surface area (Å²) < 4.78 is 12.0. The molecule has 5 nitrogen and oxygen atoms in total. The molecule has 1 unspecified atom stereocenters. The third kappa shape index (κ3) is 4.09. The van der Waals surface area contributed by atoms with Crippen molar-refractivity contribution in [1.29, 1.82) is 0 Å². The molecule has 1 aliphatic carbocycles. The minimum absolute atomic E-state index is 0.123. The molecule has 1 amide bonds. The van der Waals surface area contributed by atoms with Crippen LogP contribution in [-0.4, -0.2) is 54.8 Å². The second-order valence-electron chi connectivity index (χ2n) is 8.35. The van der Waals surface area contributed by atoms with Crippen LogP contribution >= 0.6 is 0 Å². The van der Waals surface area contributed by atoms with E-state index in [0.29, 0.717) is 0 Å². The van der Waals surface area contributed by atoms with Crippen LogP contribution in [0.2, 0.25) is 0 Å². The molecule has 1 spiro atoms. The molecule has 0 N–H and O–H groups in total. The van der Waals surface area contributed by atoms with Crippen molar-refractivity contribution in [3.63, 3.8) is 0 Å². The van der Waals surface area contributed by atoms with E-state index >= 15 is 0 Å². The van der Waals surface area contributed by atoms with Crippen molar-refractivity contribution < 1.29 is 14.3 Å². The van der Waals surface area contributed by atoms with Gasteiger partial charge in [0, 0.05) is 37.7 Å². The fourth-order valence-electron chi connectivity index (χ4n) is 4.76. The molecule has 1 aromatic heterocycles. The SMILES string of the molecule is O=C(c1ccncc1)N1CCC2(CC1)COC(COCC1CCCC1)C2. The number of carbonyl (C=O) groups excluding carboxylic acids is 1. The molecule has 3 aliphatic rings.